The van der Waals surface area contributed by atoms with Gasteiger partial charge in [0.05, 0.1) is 6.04 Å². The minimum absolute atomic E-state index is 0.0392. The van der Waals surface area contributed by atoms with Crippen molar-refractivity contribution in [1.82, 2.24) is 5.32 Å². The summed E-state index contributed by atoms with van der Waals surface area (Å²) >= 11 is 0. The number of hydrogen-bond donors (Lipinski definition) is 2. The zero-order valence-electron chi connectivity index (χ0n) is 12.4. The number of carbonyl (C=O) groups is 1. The second kappa shape index (κ2) is 8.69. The van der Waals surface area contributed by atoms with E-state index in [1.165, 1.54) is 12.1 Å². The van der Waals surface area contributed by atoms with E-state index in [2.05, 4.69) is 12.2 Å². The third-order valence-corrected chi connectivity index (χ3v) is 3.68. The number of carbonyl (C=O) groups excluding carboxylic acids is 1. The highest BCUT2D eigenvalue weighted by Crippen LogP contribution is 2.16. The molecule has 112 valence electrons. The van der Waals surface area contributed by atoms with Gasteiger partial charge in [-0.3, -0.25) is 4.79 Å². The van der Waals surface area contributed by atoms with Gasteiger partial charge >= 0.3 is 0 Å². The van der Waals surface area contributed by atoms with Crippen LogP contribution in [0.3, 0.4) is 0 Å². The lowest BCUT2D eigenvalue weighted by Crippen LogP contribution is -2.27. The summed E-state index contributed by atoms with van der Waals surface area (Å²) in [5.41, 5.74) is 6.46. The maximum absolute atomic E-state index is 12.8. The van der Waals surface area contributed by atoms with E-state index >= 15 is 0 Å². The van der Waals surface area contributed by atoms with Crippen molar-refractivity contribution < 1.29 is 9.18 Å². The van der Waals surface area contributed by atoms with Crippen LogP contribution in [0.25, 0.3) is 0 Å². The Morgan fingerprint density at radius 3 is 2.50 bits per heavy atom. The molecular weight excluding hydrogens is 255 g/mol. The van der Waals surface area contributed by atoms with E-state index in [4.69, 9.17) is 5.73 Å². The molecule has 4 heteroatoms. The molecule has 0 aliphatic carbocycles. The van der Waals surface area contributed by atoms with Crippen molar-refractivity contribution in [2.24, 2.45) is 11.7 Å². The van der Waals surface area contributed by atoms with Crippen molar-refractivity contribution in [2.45, 2.75) is 45.6 Å². The summed E-state index contributed by atoms with van der Waals surface area (Å²) in [5, 5.41) is 2.94. The molecule has 1 unspecified atom stereocenters. The Hall–Kier alpha value is -1.42. The number of benzene rings is 1. The molecule has 0 fully saturated rings. The summed E-state index contributed by atoms with van der Waals surface area (Å²) < 4.78 is 12.8. The first-order valence-corrected chi connectivity index (χ1v) is 7.31. The van der Waals surface area contributed by atoms with Crippen LogP contribution in [-0.2, 0) is 4.79 Å². The molecule has 0 heterocycles. The Morgan fingerprint density at radius 2 is 1.95 bits per heavy atom. The lowest BCUT2D eigenvalue weighted by molar-refractivity contribution is -0.122. The van der Waals surface area contributed by atoms with Gasteiger partial charge in [0.15, 0.2) is 0 Å². The predicted molar refractivity (Wildman–Crippen MR) is 79.6 cm³/mol. The monoisotopic (exact) mass is 280 g/mol. The molecule has 0 aliphatic rings. The highest BCUT2D eigenvalue weighted by Gasteiger charge is 2.12. The molecule has 0 bridgehead atoms. The van der Waals surface area contributed by atoms with Crippen molar-refractivity contribution in [3.63, 3.8) is 0 Å². The van der Waals surface area contributed by atoms with Gasteiger partial charge < -0.3 is 11.1 Å². The first kappa shape index (κ1) is 16.6. The van der Waals surface area contributed by atoms with E-state index in [-0.39, 0.29) is 17.8 Å². The molecule has 0 radical (unpaired) electrons. The highest BCUT2D eigenvalue weighted by molar-refractivity contribution is 5.76. The van der Waals surface area contributed by atoms with Crippen LogP contribution in [0.5, 0.6) is 0 Å². The van der Waals surface area contributed by atoms with Gasteiger partial charge in [0.1, 0.15) is 5.82 Å². The Bertz CT molecular complexity index is 405. The number of rotatable bonds is 8. The highest BCUT2D eigenvalue weighted by atomic mass is 19.1. The van der Waals surface area contributed by atoms with Crippen LogP contribution in [-0.4, -0.2) is 12.5 Å². The molecule has 0 saturated heterocycles. The fourth-order valence-electron chi connectivity index (χ4n) is 2.27. The fourth-order valence-corrected chi connectivity index (χ4v) is 2.27. The van der Waals surface area contributed by atoms with Crippen LogP contribution < -0.4 is 11.1 Å². The van der Waals surface area contributed by atoms with Crippen molar-refractivity contribution in [3.8, 4) is 0 Å². The summed E-state index contributed by atoms with van der Waals surface area (Å²) in [5.74, 6) is 0.295. The summed E-state index contributed by atoms with van der Waals surface area (Å²) in [4.78, 5) is 11.9. The van der Waals surface area contributed by atoms with Gasteiger partial charge in [0.2, 0.25) is 5.91 Å². The Kier molecular flexibility index (Phi) is 7.23. The van der Waals surface area contributed by atoms with Crippen molar-refractivity contribution in [1.29, 1.82) is 0 Å². The summed E-state index contributed by atoms with van der Waals surface area (Å²) in [6.07, 6.45) is 3.41. The van der Waals surface area contributed by atoms with Crippen molar-refractivity contribution >= 4 is 5.91 Å². The molecule has 3 N–H and O–H groups in total. The average Bonchev–Trinajstić information content (AvgIpc) is 2.44. The minimum Gasteiger partial charge on any atom is -0.350 e. The van der Waals surface area contributed by atoms with Crippen LogP contribution in [0, 0.1) is 11.7 Å². The number of halogens is 1. The van der Waals surface area contributed by atoms with Gasteiger partial charge in [-0.2, -0.15) is 0 Å². The molecule has 20 heavy (non-hydrogen) atoms. The summed E-state index contributed by atoms with van der Waals surface area (Å²) in [7, 11) is 0. The third kappa shape index (κ3) is 5.70. The van der Waals surface area contributed by atoms with Gasteiger partial charge in [-0.25, -0.2) is 4.39 Å². The molecule has 3 nitrogen and oxygen atoms in total. The first-order valence-electron chi connectivity index (χ1n) is 7.31. The fraction of sp³-hybridized carbons (Fsp3) is 0.562. The summed E-state index contributed by atoms with van der Waals surface area (Å²) in [6, 6.07) is 6.11. The van der Waals surface area contributed by atoms with Crippen LogP contribution in [0.2, 0.25) is 0 Å². The third-order valence-electron chi connectivity index (χ3n) is 3.68. The molecule has 0 saturated carbocycles. The lowest BCUT2D eigenvalue weighted by Gasteiger charge is -2.16. The van der Waals surface area contributed by atoms with Gasteiger partial charge in [0.25, 0.3) is 0 Å². The zero-order chi connectivity index (χ0) is 15.0. The molecule has 0 spiro atoms. The maximum Gasteiger partial charge on any atom is 0.220 e. The molecule has 2 atom stereocenters. The van der Waals surface area contributed by atoms with Gasteiger partial charge in [-0.1, -0.05) is 25.5 Å². The van der Waals surface area contributed by atoms with E-state index in [0.29, 0.717) is 18.9 Å². The van der Waals surface area contributed by atoms with Crippen molar-refractivity contribution in [2.75, 3.05) is 6.54 Å². The largest absolute Gasteiger partial charge is 0.350 e. The van der Waals surface area contributed by atoms with Crippen molar-refractivity contribution in [3.05, 3.63) is 35.6 Å². The Labute approximate surface area is 120 Å². The smallest absolute Gasteiger partial charge is 0.220 e. The maximum atomic E-state index is 12.8. The second-order valence-corrected chi connectivity index (χ2v) is 5.23. The van der Waals surface area contributed by atoms with Gasteiger partial charge in [-0.05, 0) is 49.9 Å². The predicted octanol–water partition coefficient (Wildman–Crippen LogP) is 3.16. The van der Waals surface area contributed by atoms with E-state index in [9.17, 15) is 9.18 Å². The average molecular weight is 280 g/mol. The molecular formula is C16H25FN2O. The van der Waals surface area contributed by atoms with Gasteiger partial charge in [-0.15, -0.1) is 0 Å². The standard InChI is InChI=1S/C16H25FN2O/c1-3-13(10-11-18)4-9-16(20)19-12(2)14-5-7-15(17)8-6-14/h5-8,12-13H,3-4,9-11,18H2,1-2H3,(H,19,20)/t12-,13?/m0/s1. The number of nitrogens with one attached hydrogen (secondary N) is 1. The van der Waals surface area contributed by atoms with E-state index < -0.39 is 0 Å². The topological polar surface area (TPSA) is 55.1 Å². The molecule has 0 aromatic heterocycles. The van der Waals surface area contributed by atoms with Crippen LogP contribution >= 0.6 is 0 Å². The molecule has 1 aromatic carbocycles. The molecule has 1 aromatic rings. The minimum atomic E-state index is -0.264. The van der Waals surface area contributed by atoms with Crippen LogP contribution in [0.1, 0.15) is 51.1 Å². The van der Waals surface area contributed by atoms with E-state index in [1.54, 1.807) is 12.1 Å². The Morgan fingerprint density at radius 1 is 1.30 bits per heavy atom. The summed E-state index contributed by atoms with van der Waals surface area (Å²) in [6.45, 7) is 4.70. The zero-order valence-corrected chi connectivity index (χ0v) is 12.4. The normalized spacial score (nSPS) is 13.8. The SMILES string of the molecule is CCC(CCN)CCC(=O)N[C@@H](C)c1ccc(F)cc1. The number of nitrogens with two attached hydrogens (primary N) is 1. The van der Waals surface area contributed by atoms with Gasteiger partial charge in [0, 0.05) is 6.42 Å². The lowest BCUT2D eigenvalue weighted by atomic mass is 9.96. The van der Waals surface area contributed by atoms with E-state index in [1.807, 2.05) is 6.92 Å². The van der Waals surface area contributed by atoms with Crippen LogP contribution in [0.15, 0.2) is 24.3 Å². The second-order valence-electron chi connectivity index (χ2n) is 5.23. The molecule has 1 amide bonds. The van der Waals surface area contributed by atoms with Crippen LogP contribution in [0.4, 0.5) is 4.39 Å². The molecule has 1 rings (SSSR count). The number of hydrogen-bond acceptors (Lipinski definition) is 2. The quantitative estimate of drug-likeness (QED) is 0.768. The first-order chi connectivity index (χ1) is 9.56. The number of amides is 1. The molecule has 0 aliphatic heterocycles. The Balaban J connectivity index is 2.39. The van der Waals surface area contributed by atoms with E-state index in [0.717, 1.165) is 24.8 Å².